The quantitative estimate of drug-likeness (QED) is 0.621. The Labute approximate surface area is 195 Å². The average Bonchev–Trinajstić information content (AvgIpc) is 3.21. The van der Waals surface area contributed by atoms with Gasteiger partial charge < -0.3 is 15.1 Å². The highest BCUT2D eigenvalue weighted by Gasteiger charge is 2.50. The van der Waals surface area contributed by atoms with Crippen molar-refractivity contribution in [1.29, 1.82) is 0 Å². The number of amidine groups is 1. The number of nitrogens with one attached hydrogen (secondary N) is 2. The van der Waals surface area contributed by atoms with Crippen LogP contribution in [0.1, 0.15) is 64.4 Å². The molecule has 3 aliphatic rings. The van der Waals surface area contributed by atoms with Crippen molar-refractivity contribution in [3.63, 3.8) is 0 Å². The van der Waals surface area contributed by atoms with Crippen molar-refractivity contribution in [2.24, 2.45) is 16.9 Å². The number of carbonyl (C=O) groups is 2. The number of carbonyl (C=O) groups excluding carboxylic acids is 2. The third-order valence-electron chi connectivity index (χ3n) is 6.78. The number of halogens is 1. The van der Waals surface area contributed by atoms with Crippen LogP contribution in [0.25, 0.3) is 0 Å². The second-order valence-corrected chi connectivity index (χ2v) is 9.95. The Balaban J connectivity index is 1.37. The first-order chi connectivity index (χ1) is 15.4. The molecule has 2 aliphatic heterocycles. The maximum absolute atomic E-state index is 13.3. The van der Waals surface area contributed by atoms with Gasteiger partial charge in [-0.2, -0.15) is 5.10 Å². The number of amides is 2. The third-order valence-corrected chi connectivity index (χ3v) is 7.03. The van der Waals surface area contributed by atoms with Crippen molar-refractivity contribution in [1.82, 2.24) is 20.5 Å². The van der Waals surface area contributed by atoms with Gasteiger partial charge in [-0.25, -0.2) is 0 Å². The fourth-order valence-corrected chi connectivity index (χ4v) is 5.11. The SMILES string of the molecule is CC(C)CCN1C(=O)C2CCCCC2N2C(CCC(=O)NCc3ccc(Cl)cc3)=NNC12. The minimum absolute atomic E-state index is 0.00366. The van der Waals surface area contributed by atoms with Crippen molar-refractivity contribution < 1.29 is 9.59 Å². The predicted molar refractivity (Wildman–Crippen MR) is 126 cm³/mol. The second kappa shape index (κ2) is 10.1. The summed E-state index contributed by atoms with van der Waals surface area (Å²) in [5.74, 6) is 1.73. The second-order valence-electron chi connectivity index (χ2n) is 9.51. The molecule has 2 amide bonds. The van der Waals surface area contributed by atoms with E-state index in [9.17, 15) is 9.59 Å². The minimum atomic E-state index is -0.215. The van der Waals surface area contributed by atoms with Crippen LogP contribution in [-0.4, -0.2) is 46.3 Å². The lowest BCUT2D eigenvalue weighted by Gasteiger charge is -2.50. The summed E-state index contributed by atoms with van der Waals surface area (Å²) in [4.78, 5) is 30.0. The van der Waals surface area contributed by atoms with Gasteiger partial charge >= 0.3 is 0 Å². The molecule has 2 heterocycles. The minimum Gasteiger partial charge on any atom is -0.352 e. The van der Waals surface area contributed by atoms with E-state index in [2.05, 4.69) is 34.6 Å². The fourth-order valence-electron chi connectivity index (χ4n) is 4.98. The Morgan fingerprint density at radius 1 is 1.25 bits per heavy atom. The molecule has 0 spiro atoms. The topological polar surface area (TPSA) is 77.0 Å². The molecular weight excluding hydrogens is 426 g/mol. The molecule has 2 N–H and O–H groups in total. The summed E-state index contributed by atoms with van der Waals surface area (Å²) in [7, 11) is 0. The summed E-state index contributed by atoms with van der Waals surface area (Å²) in [5, 5.41) is 8.25. The lowest BCUT2D eigenvalue weighted by Crippen LogP contribution is -2.67. The van der Waals surface area contributed by atoms with Gasteiger partial charge in [-0.15, -0.1) is 0 Å². The monoisotopic (exact) mass is 459 g/mol. The lowest BCUT2D eigenvalue weighted by molar-refractivity contribution is -0.155. The molecule has 174 valence electrons. The standard InChI is InChI=1S/C24H34ClN5O2/c1-16(2)13-14-29-23(32)19-5-3-4-6-20(19)30-21(27-28-24(29)30)11-12-22(31)26-15-17-7-9-18(25)10-8-17/h7-10,16,19-20,24,28H,3-6,11-15H2,1-2H3,(H,26,31). The zero-order valence-electron chi connectivity index (χ0n) is 19.0. The number of benzene rings is 1. The third kappa shape index (κ3) is 5.03. The van der Waals surface area contributed by atoms with Crippen molar-refractivity contribution in [3.05, 3.63) is 34.9 Å². The number of hydrazone groups is 1. The van der Waals surface area contributed by atoms with E-state index in [-0.39, 0.29) is 30.1 Å². The summed E-state index contributed by atoms with van der Waals surface area (Å²) in [6.45, 7) is 5.58. The molecule has 32 heavy (non-hydrogen) atoms. The molecule has 1 saturated carbocycles. The van der Waals surface area contributed by atoms with Crippen molar-refractivity contribution in [3.8, 4) is 0 Å². The molecule has 8 heteroatoms. The largest absolute Gasteiger partial charge is 0.352 e. The van der Waals surface area contributed by atoms with Gasteiger partial charge in [0.2, 0.25) is 11.8 Å². The zero-order valence-corrected chi connectivity index (χ0v) is 19.8. The number of rotatable bonds is 8. The van der Waals surface area contributed by atoms with Gasteiger partial charge in [-0.3, -0.25) is 15.0 Å². The molecular formula is C24H34ClN5O2. The van der Waals surface area contributed by atoms with Gasteiger partial charge in [-0.05, 0) is 42.9 Å². The van der Waals surface area contributed by atoms with E-state index in [1.54, 1.807) is 0 Å². The Morgan fingerprint density at radius 2 is 2.00 bits per heavy atom. The molecule has 4 rings (SSSR count). The van der Waals surface area contributed by atoms with Crippen LogP contribution in [0.5, 0.6) is 0 Å². The average molecular weight is 460 g/mol. The van der Waals surface area contributed by atoms with Gasteiger partial charge in [0.25, 0.3) is 0 Å². The Hall–Kier alpha value is -2.28. The number of hydrogen-bond acceptors (Lipinski definition) is 5. The first-order valence-corrected chi connectivity index (χ1v) is 12.2. The molecule has 1 aromatic rings. The predicted octanol–water partition coefficient (Wildman–Crippen LogP) is 3.69. The van der Waals surface area contributed by atoms with Crippen LogP contribution in [0.4, 0.5) is 0 Å². The Bertz CT molecular complexity index is 856. The molecule has 7 nitrogen and oxygen atoms in total. The summed E-state index contributed by atoms with van der Waals surface area (Å²) in [5.41, 5.74) is 4.22. The highest BCUT2D eigenvalue weighted by Crippen LogP contribution is 2.38. The van der Waals surface area contributed by atoms with Gasteiger partial charge in [0.15, 0.2) is 6.29 Å². The highest BCUT2D eigenvalue weighted by atomic mass is 35.5. The molecule has 3 unspecified atom stereocenters. The molecule has 1 aromatic carbocycles. The fraction of sp³-hybridized carbons (Fsp3) is 0.625. The first-order valence-electron chi connectivity index (χ1n) is 11.9. The van der Waals surface area contributed by atoms with Crippen LogP contribution in [0, 0.1) is 11.8 Å². The van der Waals surface area contributed by atoms with Crippen LogP contribution >= 0.6 is 11.6 Å². The normalized spacial score (nSPS) is 24.7. The van der Waals surface area contributed by atoms with Gasteiger partial charge in [0, 0.05) is 37.0 Å². The van der Waals surface area contributed by atoms with Crippen LogP contribution in [-0.2, 0) is 16.1 Å². The maximum Gasteiger partial charge on any atom is 0.230 e. The highest BCUT2D eigenvalue weighted by molar-refractivity contribution is 6.30. The van der Waals surface area contributed by atoms with E-state index in [0.29, 0.717) is 30.3 Å². The van der Waals surface area contributed by atoms with E-state index < -0.39 is 0 Å². The summed E-state index contributed by atoms with van der Waals surface area (Å²) in [6, 6.07) is 7.66. The van der Waals surface area contributed by atoms with Gasteiger partial charge in [0.05, 0.1) is 5.92 Å². The first kappa shape index (κ1) is 22.9. The van der Waals surface area contributed by atoms with E-state index in [0.717, 1.165) is 50.0 Å². The van der Waals surface area contributed by atoms with Gasteiger partial charge in [-0.1, -0.05) is 50.4 Å². The molecule has 0 radical (unpaired) electrons. The van der Waals surface area contributed by atoms with Crippen LogP contribution in [0.2, 0.25) is 5.02 Å². The lowest BCUT2D eigenvalue weighted by atomic mass is 9.80. The summed E-state index contributed by atoms with van der Waals surface area (Å²) < 4.78 is 0. The van der Waals surface area contributed by atoms with Crippen LogP contribution in [0.3, 0.4) is 0 Å². The number of fused-ring (bicyclic) bond motifs is 3. The molecule has 0 bridgehead atoms. The van der Waals surface area contributed by atoms with E-state index >= 15 is 0 Å². The molecule has 1 aliphatic carbocycles. The molecule has 3 atom stereocenters. The zero-order chi connectivity index (χ0) is 22.7. The van der Waals surface area contributed by atoms with Crippen LogP contribution < -0.4 is 10.7 Å². The van der Waals surface area contributed by atoms with Gasteiger partial charge in [0.1, 0.15) is 5.84 Å². The van der Waals surface area contributed by atoms with Crippen molar-refractivity contribution in [2.75, 3.05) is 6.54 Å². The van der Waals surface area contributed by atoms with Crippen molar-refractivity contribution in [2.45, 2.75) is 77.7 Å². The molecule has 1 saturated heterocycles. The number of hydrogen-bond donors (Lipinski definition) is 2. The Kier molecular flexibility index (Phi) is 7.23. The van der Waals surface area contributed by atoms with E-state index in [1.807, 2.05) is 29.2 Å². The van der Waals surface area contributed by atoms with E-state index in [4.69, 9.17) is 11.6 Å². The van der Waals surface area contributed by atoms with Crippen molar-refractivity contribution >= 4 is 29.3 Å². The Morgan fingerprint density at radius 3 is 2.75 bits per heavy atom. The van der Waals surface area contributed by atoms with E-state index in [1.165, 1.54) is 0 Å². The summed E-state index contributed by atoms with van der Waals surface area (Å²) >= 11 is 5.92. The summed E-state index contributed by atoms with van der Waals surface area (Å²) in [6.07, 6.45) is 5.88. The molecule has 2 fully saturated rings. The molecule has 0 aromatic heterocycles. The smallest absolute Gasteiger partial charge is 0.230 e. The maximum atomic E-state index is 13.3. The number of nitrogens with zero attached hydrogens (tertiary/aromatic N) is 3. The van der Waals surface area contributed by atoms with Crippen LogP contribution in [0.15, 0.2) is 29.4 Å².